The Balaban J connectivity index is -0.000000351. The molecule has 17 heteroatoms. The highest BCUT2D eigenvalue weighted by Crippen LogP contribution is 2.18. The minimum absolute atomic E-state index is 0.0257. The summed E-state index contributed by atoms with van der Waals surface area (Å²) in [6, 6.07) is 0. The average molecular weight is 1210 g/mol. The number of Topliss-reactive ketones (excluding diaryl/α,β-unsaturated/α-hetero) is 1. The molecule has 0 spiro atoms. The van der Waals surface area contributed by atoms with Crippen LogP contribution in [0, 0.1) is 0 Å². The summed E-state index contributed by atoms with van der Waals surface area (Å²) < 4.78 is 15.0. The Bertz CT molecular complexity index is 1370. The Labute approximate surface area is 510 Å². The van der Waals surface area contributed by atoms with E-state index in [1.807, 2.05) is 34.6 Å². The number of aliphatic carboxylic acids is 2. The van der Waals surface area contributed by atoms with E-state index >= 15 is 0 Å². The van der Waals surface area contributed by atoms with E-state index in [9.17, 15) is 38.4 Å². The Morgan fingerprint density at radius 3 is 0.866 bits per heavy atom. The molecule has 2 unspecified atom stereocenters. The van der Waals surface area contributed by atoms with Gasteiger partial charge in [-0.3, -0.25) is 38.4 Å². The molecule has 0 fully saturated rings. The number of carboxylic acids is 2. The quantitative estimate of drug-likeness (QED) is 0.0252. The number of esters is 3. The van der Waals surface area contributed by atoms with Gasteiger partial charge in [0, 0.05) is 50.3 Å². The van der Waals surface area contributed by atoms with E-state index in [1.165, 1.54) is 223 Å². The van der Waals surface area contributed by atoms with Crippen LogP contribution in [0.25, 0.3) is 0 Å². The van der Waals surface area contributed by atoms with Crippen LogP contribution < -0.4 is 10.6 Å². The van der Waals surface area contributed by atoms with Crippen LogP contribution in [0.3, 0.4) is 0 Å². The van der Waals surface area contributed by atoms with Gasteiger partial charge in [-0.15, -0.1) is 0 Å². The summed E-state index contributed by atoms with van der Waals surface area (Å²) in [5, 5.41) is 23.0. The molecule has 0 heterocycles. The van der Waals surface area contributed by atoms with Crippen molar-refractivity contribution >= 4 is 71.0 Å². The van der Waals surface area contributed by atoms with Crippen molar-refractivity contribution in [3.8, 4) is 0 Å². The number of nitrogens with one attached hydrogen (secondary N) is 2. The first-order chi connectivity index (χ1) is 39.7. The van der Waals surface area contributed by atoms with E-state index in [0.29, 0.717) is 30.8 Å². The second kappa shape index (κ2) is 73.8. The van der Waals surface area contributed by atoms with E-state index in [2.05, 4.69) is 29.2 Å². The lowest BCUT2D eigenvalue weighted by Crippen LogP contribution is -2.39. The third-order valence-electron chi connectivity index (χ3n) is 13.2. The van der Waals surface area contributed by atoms with E-state index < -0.39 is 36.1 Å². The molecule has 0 aliphatic rings. The predicted octanol–water partition coefficient (Wildman–Crippen LogP) is 16.8. The van der Waals surface area contributed by atoms with E-state index in [1.54, 1.807) is 12.5 Å². The fourth-order valence-electron chi connectivity index (χ4n) is 8.36. The number of amides is 2. The number of ether oxygens (including phenoxy) is 3. The molecule has 0 aliphatic carbocycles. The molecule has 0 radical (unpaired) electrons. The molecule has 82 heavy (non-hydrogen) atoms. The molecule has 4 N–H and O–H groups in total. The van der Waals surface area contributed by atoms with Gasteiger partial charge in [-0.2, -0.15) is 23.5 Å². The summed E-state index contributed by atoms with van der Waals surface area (Å²) in [6.07, 6.45) is 46.1. The highest BCUT2D eigenvalue weighted by atomic mass is 32.2. The lowest BCUT2D eigenvalue weighted by atomic mass is 10.0. The molecule has 486 valence electrons. The minimum atomic E-state index is -1.10. The summed E-state index contributed by atoms with van der Waals surface area (Å²) >= 11 is 2.77. The van der Waals surface area contributed by atoms with Crippen LogP contribution in [0.5, 0.6) is 0 Å². The van der Waals surface area contributed by atoms with Gasteiger partial charge in [0.2, 0.25) is 11.8 Å². The number of methoxy groups -OCH3 is 1. The van der Waals surface area contributed by atoms with Gasteiger partial charge >= 0.3 is 29.8 Å². The van der Waals surface area contributed by atoms with E-state index in [0.717, 1.165) is 25.9 Å². The summed E-state index contributed by atoms with van der Waals surface area (Å²) in [5.74, 6) is -3.00. The van der Waals surface area contributed by atoms with Gasteiger partial charge in [0.25, 0.3) is 0 Å². The number of carbonyl (C=O) groups excluding carboxylic acids is 6. The number of unbranched alkanes of at least 4 members (excludes halogenated alkanes) is 30. The number of carboxylic acid groups (broad SMARTS) is 2. The smallest absolute Gasteiger partial charge is 0.306 e. The van der Waals surface area contributed by atoms with Crippen LogP contribution in [0.2, 0.25) is 0 Å². The summed E-state index contributed by atoms with van der Waals surface area (Å²) in [6.45, 7) is 15.9. The standard InChI is InChI=1S/C24H47NO2.C23H45NO3.C14H22O8S2.2C2H6/c1-3-5-6-7-8-9-10-11-12-13-14-15-16-17-18-19-22-25-24(27)21-20-23(26)4-2;1-3-4-5-6-7-8-9-10-11-12-13-14-15-16-17-18-21-24-22(25)19-20-23(26)27-2;1-23-7-9(21-13(19)5-3-11(15)16)10(8-24-2)22-14(20)6-4-12(17)18;2*1-2/h3-22H2,1-2H3,(H,25,27);3-21H2,1-2H3,(H,24,25);9-10H,3-8H2,1-2H3,(H,15,16)(H,17,18);2*1-2H3. The van der Waals surface area contributed by atoms with Gasteiger partial charge in [-0.05, 0) is 25.4 Å². The molecule has 0 aromatic carbocycles. The number of carbonyl (C=O) groups is 8. The Morgan fingerprint density at radius 2 is 0.622 bits per heavy atom. The summed E-state index contributed by atoms with van der Waals surface area (Å²) in [4.78, 5) is 89.6. The molecule has 2 amide bonds. The monoisotopic (exact) mass is 1210 g/mol. The zero-order chi connectivity index (χ0) is 62.5. The van der Waals surface area contributed by atoms with Crippen LogP contribution in [0.15, 0.2) is 0 Å². The molecule has 0 saturated heterocycles. The predicted molar refractivity (Wildman–Crippen MR) is 344 cm³/mol. The number of hydrogen-bond donors (Lipinski definition) is 4. The van der Waals surface area contributed by atoms with Gasteiger partial charge in [0.15, 0.2) is 0 Å². The van der Waals surface area contributed by atoms with Crippen molar-refractivity contribution in [3.63, 3.8) is 0 Å². The number of ketones is 1. The van der Waals surface area contributed by atoms with Crippen molar-refractivity contribution < 1.29 is 62.8 Å². The van der Waals surface area contributed by atoms with Crippen molar-refractivity contribution in [1.29, 1.82) is 0 Å². The summed E-state index contributed by atoms with van der Waals surface area (Å²) in [7, 11) is 1.34. The summed E-state index contributed by atoms with van der Waals surface area (Å²) in [5.41, 5.74) is 0. The molecule has 2 atom stereocenters. The zero-order valence-electron chi connectivity index (χ0n) is 54.2. The fourth-order valence-corrected chi connectivity index (χ4v) is 9.58. The first kappa shape index (κ1) is 87.4. The van der Waals surface area contributed by atoms with Crippen LogP contribution in [-0.2, 0) is 52.6 Å². The Morgan fingerprint density at radius 1 is 0.366 bits per heavy atom. The van der Waals surface area contributed by atoms with Crippen LogP contribution in [0.1, 0.15) is 312 Å². The number of rotatable bonds is 54. The Hall–Kier alpha value is -3.34. The van der Waals surface area contributed by atoms with Crippen molar-refractivity contribution in [2.45, 2.75) is 324 Å². The van der Waals surface area contributed by atoms with Crippen LogP contribution in [0.4, 0.5) is 0 Å². The highest BCUT2D eigenvalue weighted by molar-refractivity contribution is 7.99. The molecule has 0 bridgehead atoms. The van der Waals surface area contributed by atoms with Crippen molar-refractivity contribution in [2.24, 2.45) is 0 Å². The van der Waals surface area contributed by atoms with E-state index in [-0.39, 0.29) is 62.1 Å². The molecule has 0 aromatic heterocycles. The molecule has 0 aliphatic heterocycles. The van der Waals surface area contributed by atoms with Gasteiger partial charge in [-0.25, -0.2) is 0 Å². The second-order valence-electron chi connectivity index (χ2n) is 20.5. The maximum atomic E-state index is 11.7. The van der Waals surface area contributed by atoms with Crippen LogP contribution >= 0.6 is 23.5 Å². The third-order valence-corrected chi connectivity index (χ3v) is 14.6. The first-order valence-electron chi connectivity index (χ1n) is 32.6. The first-order valence-corrected chi connectivity index (χ1v) is 35.4. The normalized spacial score (nSPS) is 11.0. The Kier molecular flexibility index (Phi) is 78.6. The molecule has 15 nitrogen and oxygen atoms in total. The highest BCUT2D eigenvalue weighted by Gasteiger charge is 2.28. The number of thioether (sulfide) groups is 2. The lowest BCUT2D eigenvalue weighted by molar-refractivity contribution is -0.165. The van der Waals surface area contributed by atoms with Crippen molar-refractivity contribution in [2.75, 3.05) is 44.2 Å². The van der Waals surface area contributed by atoms with E-state index in [4.69, 9.17) is 19.7 Å². The molecular formula is C65H126N2O13S2. The SMILES string of the molecule is CC.CC.CCCCCCCCCCCCCCCCCCNC(=O)CCC(=O)CC.CCCCCCCCCCCCCCCCCCNC(=O)CCC(=O)OC.CSCC(OC(=O)CCC(=O)O)C(CSC)OC(=O)CCC(=O)O. The zero-order valence-corrected chi connectivity index (χ0v) is 55.8. The van der Waals surface area contributed by atoms with Gasteiger partial charge in [0.1, 0.15) is 18.0 Å². The topological polar surface area (TPSA) is 229 Å². The molecule has 0 rings (SSSR count). The molecule has 0 saturated carbocycles. The fraction of sp³-hybridized carbons (Fsp3) is 0.877. The third kappa shape index (κ3) is 74.7. The maximum absolute atomic E-state index is 11.7. The lowest BCUT2D eigenvalue weighted by Gasteiger charge is -2.26. The number of hydrogen-bond acceptors (Lipinski definition) is 13. The van der Waals surface area contributed by atoms with Gasteiger partial charge < -0.3 is 35.1 Å². The van der Waals surface area contributed by atoms with Gasteiger partial charge in [0.05, 0.1) is 39.2 Å². The second-order valence-corrected chi connectivity index (χ2v) is 22.4. The van der Waals surface area contributed by atoms with Crippen molar-refractivity contribution in [1.82, 2.24) is 10.6 Å². The van der Waals surface area contributed by atoms with Crippen LogP contribution in [-0.4, -0.2) is 114 Å². The average Bonchev–Trinajstić information content (AvgIpc) is 3.47. The minimum Gasteiger partial charge on any atom is -0.481 e. The molecular weight excluding hydrogens is 1080 g/mol. The van der Waals surface area contributed by atoms with Gasteiger partial charge in [-0.1, -0.05) is 241 Å². The van der Waals surface area contributed by atoms with Crippen molar-refractivity contribution in [3.05, 3.63) is 0 Å². The largest absolute Gasteiger partial charge is 0.481 e. The molecule has 0 aromatic rings. The maximum Gasteiger partial charge on any atom is 0.306 e.